The zero-order valence-corrected chi connectivity index (χ0v) is 39.2. The van der Waals surface area contributed by atoms with Crippen LogP contribution in [0, 0.1) is 0 Å². The van der Waals surface area contributed by atoms with E-state index >= 15 is 0 Å². The fraction of sp³-hybridized carbons (Fsp3) is 0.830. The van der Waals surface area contributed by atoms with Crippen LogP contribution in [-0.2, 0) is 32.7 Å². The van der Waals surface area contributed by atoms with Crippen molar-refractivity contribution in [1.29, 1.82) is 0 Å². The average molecular weight is 921 g/mol. The van der Waals surface area contributed by atoms with Crippen molar-refractivity contribution >= 4 is 19.8 Å². The van der Waals surface area contributed by atoms with Crippen molar-refractivity contribution in [2.24, 2.45) is 0 Å². The Balaban J connectivity index is 2.50. The van der Waals surface area contributed by atoms with Crippen molar-refractivity contribution in [3.8, 4) is 0 Å². The van der Waals surface area contributed by atoms with E-state index in [0.717, 1.165) is 103 Å². The lowest BCUT2D eigenvalue weighted by molar-refractivity contribution is -0.220. The van der Waals surface area contributed by atoms with Crippen LogP contribution in [0.2, 0.25) is 0 Å². The normalized spacial score (nSPS) is 23.0. The number of aliphatic hydroxyl groups is 7. The molecule has 10 atom stereocenters. The highest BCUT2D eigenvalue weighted by Gasteiger charge is 2.51. The zero-order valence-electron chi connectivity index (χ0n) is 38.3. The van der Waals surface area contributed by atoms with Gasteiger partial charge in [0, 0.05) is 12.8 Å². The molecule has 1 aliphatic carbocycles. The number of esters is 2. The molecule has 3 unspecified atom stereocenters. The van der Waals surface area contributed by atoms with E-state index in [9.17, 15) is 54.8 Å². The number of aliphatic hydroxyl groups excluding tert-OH is 7. The molecule has 16 heteroatoms. The first-order valence-corrected chi connectivity index (χ1v) is 25.5. The lowest BCUT2D eigenvalue weighted by atomic mass is 9.85. The highest BCUT2D eigenvalue weighted by molar-refractivity contribution is 7.47. The minimum atomic E-state index is -5.16. The molecule has 1 saturated carbocycles. The molecular weight excluding hydrogens is 835 g/mol. The predicted octanol–water partition coefficient (Wildman–Crippen LogP) is 7.33. The van der Waals surface area contributed by atoms with E-state index < -0.39 is 87.9 Å². The maximum absolute atomic E-state index is 12.8. The van der Waals surface area contributed by atoms with Crippen molar-refractivity contribution in [3.05, 3.63) is 36.5 Å². The first-order chi connectivity index (χ1) is 30.2. The van der Waals surface area contributed by atoms with Gasteiger partial charge in [-0.05, 0) is 70.6 Å². The lowest BCUT2D eigenvalue weighted by Crippen LogP contribution is -2.64. The molecule has 0 bridgehead atoms. The van der Waals surface area contributed by atoms with E-state index in [-0.39, 0.29) is 12.8 Å². The number of carbonyl (C=O) groups is 2. The molecule has 0 saturated heterocycles. The molecule has 8 N–H and O–H groups in total. The van der Waals surface area contributed by atoms with Crippen molar-refractivity contribution in [3.63, 3.8) is 0 Å². The number of hydrogen-bond acceptors (Lipinski definition) is 14. The summed E-state index contributed by atoms with van der Waals surface area (Å²) >= 11 is 0. The molecule has 0 aromatic rings. The Kier molecular flexibility index (Phi) is 34.8. The highest BCUT2D eigenvalue weighted by Crippen LogP contribution is 2.47. The molecule has 0 amide bonds. The number of carbonyl (C=O) groups excluding carboxylic acids is 2. The van der Waals surface area contributed by atoms with Gasteiger partial charge in [0.05, 0.1) is 18.8 Å². The van der Waals surface area contributed by atoms with Gasteiger partial charge in [0.15, 0.2) is 6.10 Å². The molecule has 1 rings (SSSR count). The molecule has 1 aliphatic rings. The van der Waals surface area contributed by atoms with E-state index in [4.69, 9.17) is 18.5 Å². The van der Waals surface area contributed by atoms with Crippen LogP contribution in [0.15, 0.2) is 36.5 Å². The Morgan fingerprint density at radius 1 is 0.556 bits per heavy atom. The standard InChI is InChI=1S/C47H85O15P/c1-3-5-7-9-11-12-13-14-15-16-17-18-19-20-21-25-30-34-41(51)61-37(36-60-63(57,58)62-47-45(55)43(53)42(52)44(54)46(47)56)35-59-40(50)33-29-26-22-24-28-32-39(49)38(48)31-27-23-10-8-6-4-2/h11-12,14-15,23,27,37-39,42-49,52-56H,3-10,13,16-22,24-26,28-36H2,1-2H3,(H,57,58)/b12-11-,15-14-,27-23-/t37-,38-,39-,42?,43-,44+,45-,46-,47?/m1/s1. The van der Waals surface area contributed by atoms with Gasteiger partial charge in [0.1, 0.15) is 43.2 Å². The Bertz CT molecular complexity index is 1280. The van der Waals surface area contributed by atoms with Gasteiger partial charge in [-0.25, -0.2) is 4.57 Å². The molecule has 0 aromatic heterocycles. The van der Waals surface area contributed by atoms with Gasteiger partial charge in [-0.1, -0.05) is 134 Å². The topological polar surface area (TPSA) is 250 Å². The quantitative estimate of drug-likeness (QED) is 0.0130. The molecule has 0 heterocycles. The summed E-state index contributed by atoms with van der Waals surface area (Å²) in [6, 6.07) is 0. The van der Waals surface area contributed by atoms with E-state index in [1.165, 1.54) is 25.7 Å². The SMILES string of the molecule is CCCCC/C=C\C/C=C\CCCCCCCCCC(=O)O[C@H](COC(=O)CCCCCCC[C@@H](O)[C@H](O)C/C=C\CCCCC)COP(=O)(O)OC1[C@H](O)[C@H](O)C(O)[C@H](O)[C@H]1O. The largest absolute Gasteiger partial charge is 0.472 e. The van der Waals surface area contributed by atoms with Crippen LogP contribution in [0.3, 0.4) is 0 Å². The minimum absolute atomic E-state index is 0.0559. The van der Waals surface area contributed by atoms with Gasteiger partial charge in [-0.15, -0.1) is 0 Å². The molecule has 63 heavy (non-hydrogen) atoms. The molecule has 0 aromatic carbocycles. The summed E-state index contributed by atoms with van der Waals surface area (Å²) in [7, 11) is -5.16. The number of ether oxygens (including phenoxy) is 2. The number of rotatable bonds is 39. The summed E-state index contributed by atoms with van der Waals surface area (Å²) in [5, 5.41) is 70.6. The number of phosphoric acid groups is 1. The third-order valence-corrected chi connectivity index (χ3v) is 12.1. The van der Waals surface area contributed by atoms with E-state index in [1.54, 1.807) is 0 Å². The number of unbranched alkanes of at least 4 members (excludes halogenated alkanes) is 17. The van der Waals surface area contributed by atoms with E-state index in [0.29, 0.717) is 25.7 Å². The molecule has 0 spiro atoms. The molecule has 0 radical (unpaired) electrons. The Labute approximate surface area is 377 Å². The maximum Gasteiger partial charge on any atom is 0.472 e. The van der Waals surface area contributed by atoms with E-state index in [1.807, 2.05) is 12.2 Å². The summed E-state index contributed by atoms with van der Waals surface area (Å²) < 4.78 is 33.5. The van der Waals surface area contributed by atoms with Gasteiger partial charge in [0.25, 0.3) is 0 Å². The fourth-order valence-corrected chi connectivity index (χ4v) is 8.08. The van der Waals surface area contributed by atoms with Crippen LogP contribution in [0.4, 0.5) is 0 Å². The predicted molar refractivity (Wildman–Crippen MR) is 242 cm³/mol. The second-order valence-corrected chi connectivity index (χ2v) is 18.3. The van der Waals surface area contributed by atoms with E-state index in [2.05, 4.69) is 38.2 Å². The zero-order chi connectivity index (χ0) is 46.7. The second-order valence-electron chi connectivity index (χ2n) is 16.9. The Hall–Kier alpha value is -2.01. The lowest BCUT2D eigenvalue weighted by Gasteiger charge is -2.41. The van der Waals surface area contributed by atoms with Crippen molar-refractivity contribution in [1.82, 2.24) is 0 Å². The Morgan fingerprint density at radius 3 is 1.57 bits per heavy atom. The third kappa shape index (κ3) is 29.3. The van der Waals surface area contributed by atoms with Gasteiger partial charge in [-0.2, -0.15) is 0 Å². The number of hydrogen-bond donors (Lipinski definition) is 8. The fourth-order valence-electron chi connectivity index (χ4n) is 7.10. The van der Waals surface area contributed by atoms with Crippen LogP contribution in [0.5, 0.6) is 0 Å². The van der Waals surface area contributed by atoms with Crippen molar-refractivity contribution < 1.29 is 73.3 Å². The monoisotopic (exact) mass is 921 g/mol. The van der Waals surface area contributed by atoms with Crippen LogP contribution < -0.4 is 0 Å². The van der Waals surface area contributed by atoms with Crippen LogP contribution in [-0.4, -0.2) is 121 Å². The summed E-state index contributed by atoms with van der Waals surface area (Å²) in [6.07, 6.45) is 20.6. The number of phosphoric ester groups is 1. The summed E-state index contributed by atoms with van der Waals surface area (Å²) in [5.41, 5.74) is 0. The molecule has 15 nitrogen and oxygen atoms in total. The summed E-state index contributed by atoms with van der Waals surface area (Å²) in [6.45, 7) is 3.08. The first-order valence-electron chi connectivity index (χ1n) is 24.0. The highest BCUT2D eigenvalue weighted by atomic mass is 31.2. The Morgan fingerprint density at radius 2 is 1.02 bits per heavy atom. The third-order valence-electron chi connectivity index (χ3n) is 11.2. The van der Waals surface area contributed by atoms with Crippen LogP contribution in [0.25, 0.3) is 0 Å². The van der Waals surface area contributed by atoms with Gasteiger partial charge < -0.3 is 50.1 Å². The smallest absolute Gasteiger partial charge is 0.462 e. The van der Waals surface area contributed by atoms with Crippen LogP contribution in [0.1, 0.15) is 181 Å². The second kappa shape index (κ2) is 37.1. The van der Waals surface area contributed by atoms with Gasteiger partial charge >= 0.3 is 19.8 Å². The number of allylic oxidation sites excluding steroid dienone is 5. The molecule has 368 valence electrons. The molecule has 1 fully saturated rings. The first kappa shape index (κ1) is 59.0. The van der Waals surface area contributed by atoms with Gasteiger partial charge in [-0.3, -0.25) is 18.6 Å². The maximum atomic E-state index is 12.8. The van der Waals surface area contributed by atoms with Crippen molar-refractivity contribution in [2.45, 2.75) is 236 Å². The molecular formula is C47H85O15P. The minimum Gasteiger partial charge on any atom is -0.462 e. The van der Waals surface area contributed by atoms with Gasteiger partial charge in [0.2, 0.25) is 0 Å². The molecule has 0 aliphatic heterocycles. The summed E-state index contributed by atoms with van der Waals surface area (Å²) in [5.74, 6) is -1.22. The van der Waals surface area contributed by atoms with Crippen molar-refractivity contribution in [2.75, 3.05) is 13.2 Å². The van der Waals surface area contributed by atoms with Crippen LogP contribution >= 0.6 is 7.82 Å². The average Bonchev–Trinajstić information content (AvgIpc) is 3.26. The summed E-state index contributed by atoms with van der Waals surface area (Å²) in [4.78, 5) is 35.8.